The Balaban J connectivity index is 2.00. The summed E-state index contributed by atoms with van der Waals surface area (Å²) in [6.45, 7) is 1.83. The van der Waals surface area contributed by atoms with Gasteiger partial charge in [-0.25, -0.2) is 4.79 Å². The predicted molar refractivity (Wildman–Crippen MR) is 83.2 cm³/mol. The average Bonchev–Trinajstić information content (AvgIpc) is 3.08. The van der Waals surface area contributed by atoms with E-state index in [1.165, 1.54) is 11.8 Å². The molecule has 0 radical (unpaired) electrons. The molecule has 0 saturated heterocycles. The summed E-state index contributed by atoms with van der Waals surface area (Å²) >= 11 is 1.41. The van der Waals surface area contributed by atoms with Crippen LogP contribution in [0, 0.1) is 22.0 Å². The molecule has 0 amide bonds. The van der Waals surface area contributed by atoms with E-state index in [2.05, 4.69) is 0 Å². The molecule has 0 unspecified atom stereocenters. The molecule has 0 heterocycles. The number of rotatable bonds is 5. The number of benzene rings is 1. The lowest BCUT2D eigenvalue weighted by Crippen LogP contribution is -2.58. The SMILES string of the molecule is CCOC(=O)[C@]1([N+](=O)[O-])[C@H](Sc2ccccc2)[C@@H]2C=C[C@H]1C2. The van der Waals surface area contributed by atoms with Crippen molar-refractivity contribution in [1.29, 1.82) is 0 Å². The van der Waals surface area contributed by atoms with Gasteiger partial charge in [-0.3, -0.25) is 10.1 Å². The van der Waals surface area contributed by atoms with Crippen LogP contribution >= 0.6 is 11.8 Å². The zero-order valence-electron chi connectivity index (χ0n) is 12.2. The number of hydrogen-bond donors (Lipinski definition) is 0. The molecule has 0 N–H and O–H groups in total. The molecule has 5 nitrogen and oxygen atoms in total. The fraction of sp³-hybridized carbons (Fsp3) is 0.438. The smallest absolute Gasteiger partial charge is 0.386 e. The minimum atomic E-state index is -1.67. The first-order chi connectivity index (χ1) is 10.6. The molecule has 1 aromatic carbocycles. The van der Waals surface area contributed by atoms with Crippen LogP contribution in [0.1, 0.15) is 13.3 Å². The van der Waals surface area contributed by atoms with Gasteiger partial charge < -0.3 is 4.74 Å². The van der Waals surface area contributed by atoms with Gasteiger partial charge in [-0.15, -0.1) is 11.8 Å². The highest BCUT2D eigenvalue weighted by molar-refractivity contribution is 8.00. The van der Waals surface area contributed by atoms with Crippen molar-refractivity contribution in [2.45, 2.75) is 29.0 Å². The number of ether oxygens (including phenoxy) is 1. The van der Waals surface area contributed by atoms with Crippen LogP contribution in [0.4, 0.5) is 0 Å². The van der Waals surface area contributed by atoms with Crippen molar-refractivity contribution < 1.29 is 14.5 Å². The van der Waals surface area contributed by atoms with Gasteiger partial charge in [0.05, 0.1) is 17.8 Å². The topological polar surface area (TPSA) is 69.4 Å². The van der Waals surface area contributed by atoms with E-state index < -0.39 is 21.7 Å². The van der Waals surface area contributed by atoms with Gasteiger partial charge in [0, 0.05) is 9.82 Å². The summed E-state index contributed by atoms with van der Waals surface area (Å²) in [7, 11) is 0. The number of allylic oxidation sites excluding steroid dienone is 1. The summed E-state index contributed by atoms with van der Waals surface area (Å²) in [4.78, 5) is 24.9. The van der Waals surface area contributed by atoms with Crippen molar-refractivity contribution in [3.63, 3.8) is 0 Å². The molecule has 22 heavy (non-hydrogen) atoms. The van der Waals surface area contributed by atoms with Crippen LogP contribution in [-0.4, -0.2) is 28.3 Å². The van der Waals surface area contributed by atoms with Gasteiger partial charge in [-0.05, 0) is 31.4 Å². The maximum atomic E-state index is 12.5. The van der Waals surface area contributed by atoms with Crippen LogP contribution < -0.4 is 0 Å². The normalized spacial score (nSPS) is 32.1. The maximum absolute atomic E-state index is 12.5. The van der Waals surface area contributed by atoms with E-state index in [0.29, 0.717) is 6.42 Å². The van der Waals surface area contributed by atoms with E-state index in [1.54, 1.807) is 6.92 Å². The van der Waals surface area contributed by atoms with Crippen molar-refractivity contribution in [2.24, 2.45) is 11.8 Å². The summed E-state index contributed by atoms with van der Waals surface area (Å²) in [5.41, 5.74) is -1.67. The number of nitrogens with zero attached hydrogens (tertiary/aromatic N) is 1. The van der Waals surface area contributed by atoms with Crippen LogP contribution in [0.5, 0.6) is 0 Å². The number of carbonyl (C=O) groups is 1. The lowest BCUT2D eigenvalue weighted by atomic mass is 9.84. The van der Waals surface area contributed by atoms with E-state index in [-0.39, 0.29) is 18.4 Å². The maximum Gasteiger partial charge on any atom is 0.386 e. The Kier molecular flexibility index (Phi) is 3.95. The molecular formula is C16H17NO4S. The standard InChI is InChI=1S/C16H17NO4S/c1-2-21-15(18)16(17(19)20)12-9-8-11(10-12)14(16)22-13-6-4-3-5-7-13/h3-9,11-12,14H,2,10H2,1H3/t11-,12+,14-,16-/m1/s1. The lowest BCUT2D eigenvalue weighted by Gasteiger charge is -2.31. The summed E-state index contributed by atoms with van der Waals surface area (Å²) in [6.07, 6.45) is 4.46. The molecule has 6 heteroatoms. The minimum absolute atomic E-state index is 0.0324. The highest BCUT2D eigenvalue weighted by atomic mass is 32.2. The Morgan fingerprint density at radius 1 is 1.41 bits per heavy atom. The summed E-state index contributed by atoms with van der Waals surface area (Å²) in [6, 6.07) is 9.51. The summed E-state index contributed by atoms with van der Waals surface area (Å²) in [5, 5.41) is 11.5. The molecule has 1 saturated carbocycles. The van der Waals surface area contributed by atoms with Crippen molar-refractivity contribution in [1.82, 2.24) is 0 Å². The molecule has 2 aliphatic rings. The Labute approximate surface area is 132 Å². The Bertz CT molecular complexity index is 618. The van der Waals surface area contributed by atoms with Crippen LogP contribution in [-0.2, 0) is 9.53 Å². The van der Waals surface area contributed by atoms with Gasteiger partial charge in [-0.2, -0.15) is 0 Å². The zero-order chi connectivity index (χ0) is 15.7. The molecular weight excluding hydrogens is 302 g/mol. The predicted octanol–water partition coefficient (Wildman–Crippen LogP) is 2.93. The number of hydrogen-bond acceptors (Lipinski definition) is 5. The van der Waals surface area contributed by atoms with Crippen LogP contribution in [0.2, 0.25) is 0 Å². The molecule has 1 aromatic rings. The largest absolute Gasteiger partial charge is 0.461 e. The van der Waals surface area contributed by atoms with Crippen molar-refractivity contribution in [2.75, 3.05) is 6.61 Å². The van der Waals surface area contributed by atoms with Crippen molar-refractivity contribution in [3.8, 4) is 0 Å². The summed E-state index contributed by atoms with van der Waals surface area (Å²) < 4.78 is 5.08. The molecule has 0 spiro atoms. The lowest BCUT2D eigenvalue weighted by molar-refractivity contribution is -0.559. The number of thioether (sulfide) groups is 1. The fourth-order valence-electron chi connectivity index (χ4n) is 3.47. The van der Waals surface area contributed by atoms with Crippen molar-refractivity contribution in [3.05, 3.63) is 52.6 Å². The number of carbonyl (C=O) groups excluding carboxylic acids is 1. The minimum Gasteiger partial charge on any atom is -0.461 e. The van der Waals surface area contributed by atoms with Crippen LogP contribution in [0.25, 0.3) is 0 Å². The summed E-state index contributed by atoms with van der Waals surface area (Å²) in [5.74, 6) is -1.05. The van der Waals surface area contributed by atoms with E-state index in [1.807, 2.05) is 42.5 Å². The molecule has 1 fully saturated rings. The third-order valence-electron chi connectivity index (χ3n) is 4.42. The second-order valence-electron chi connectivity index (χ2n) is 5.55. The third kappa shape index (κ3) is 2.13. The number of nitro groups is 1. The van der Waals surface area contributed by atoms with Gasteiger partial charge in [0.2, 0.25) is 0 Å². The Morgan fingerprint density at radius 2 is 2.14 bits per heavy atom. The van der Waals surface area contributed by atoms with Gasteiger partial charge in [0.25, 0.3) is 0 Å². The molecule has 116 valence electrons. The highest BCUT2D eigenvalue weighted by Crippen LogP contribution is 2.55. The van der Waals surface area contributed by atoms with Gasteiger partial charge in [0.1, 0.15) is 0 Å². The second kappa shape index (κ2) is 5.76. The van der Waals surface area contributed by atoms with Crippen molar-refractivity contribution >= 4 is 17.7 Å². The fourth-order valence-corrected chi connectivity index (χ4v) is 4.99. The monoisotopic (exact) mass is 319 g/mol. The molecule has 2 bridgehead atoms. The van der Waals surface area contributed by atoms with Crippen LogP contribution in [0.15, 0.2) is 47.4 Å². The van der Waals surface area contributed by atoms with Gasteiger partial charge in [-0.1, -0.05) is 30.4 Å². The molecule has 0 aromatic heterocycles. The third-order valence-corrected chi connectivity index (χ3v) is 5.92. The van der Waals surface area contributed by atoms with E-state index >= 15 is 0 Å². The Morgan fingerprint density at radius 3 is 2.77 bits per heavy atom. The molecule has 0 aliphatic heterocycles. The van der Waals surface area contributed by atoms with Gasteiger partial charge >= 0.3 is 11.5 Å². The van der Waals surface area contributed by atoms with E-state index in [0.717, 1.165) is 4.90 Å². The highest BCUT2D eigenvalue weighted by Gasteiger charge is 2.71. The zero-order valence-corrected chi connectivity index (χ0v) is 13.0. The first-order valence-electron chi connectivity index (χ1n) is 7.32. The first kappa shape index (κ1) is 15.1. The number of esters is 1. The van der Waals surface area contributed by atoms with E-state index in [4.69, 9.17) is 4.74 Å². The average molecular weight is 319 g/mol. The quantitative estimate of drug-likeness (QED) is 0.361. The number of fused-ring (bicyclic) bond motifs is 2. The van der Waals surface area contributed by atoms with Crippen LogP contribution in [0.3, 0.4) is 0 Å². The van der Waals surface area contributed by atoms with Gasteiger partial charge in [0.15, 0.2) is 0 Å². The first-order valence-corrected chi connectivity index (χ1v) is 8.20. The molecule has 2 aliphatic carbocycles. The Hall–Kier alpha value is -1.82. The molecule has 3 rings (SSSR count). The molecule has 4 atom stereocenters. The second-order valence-corrected chi connectivity index (χ2v) is 6.76. The van der Waals surface area contributed by atoms with E-state index in [9.17, 15) is 14.9 Å².